The summed E-state index contributed by atoms with van der Waals surface area (Å²) in [6.45, 7) is -0.749. The van der Waals surface area contributed by atoms with Crippen LogP contribution in [0, 0.1) is 5.41 Å². The summed E-state index contributed by atoms with van der Waals surface area (Å²) in [5, 5.41) is 0.426. The minimum Gasteiger partial charge on any atom is -0.484 e. The second kappa shape index (κ2) is 9.72. The lowest BCUT2D eigenvalue weighted by atomic mass is 10.1. The van der Waals surface area contributed by atoms with Gasteiger partial charge in [-0.05, 0) is 50.3 Å². The summed E-state index contributed by atoms with van der Waals surface area (Å²) in [6.07, 6.45) is -8.51. The molecule has 0 radical (unpaired) electrons. The number of carbonyl (C=O) groups excluding carboxylic acids is 2. The SMILES string of the molecule is CC1(C(=O)N2C[C@H](S(=O)(=O)c3ccc(OCC(F)(F)F)cc3C(F)(F)F)C[C@H]2C(=O)NC2(C(N)S)CC2)CC1. The molecule has 2 amide bonds. The normalized spacial score (nSPS) is 24.7. The van der Waals surface area contributed by atoms with Crippen LogP contribution in [-0.4, -0.2) is 66.7 Å². The first kappa shape index (κ1) is 29.8. The molecule has 1 unspecified atom stereocenters. The summed E-state index contributed by atoms with van der Waals surface area (Å²) < 4.78 is 110. The molecule has 8 nitrogen and oxygen atoms in total. The van der Waals surface area contributed by atoms with Crippen LogP contribution in [0.25, 0.3) is 0 Å². The number of benzene rings is 1. The lowest BCUT2D eigenvalue weighted by Crippen LogP contribution is -2.54. The Morgan fingerprint density at radius 3 is 2.28 bits per heavy atom. The van der Waals surface area contributed by atoms with Gasteiger partial charge >= 0.3 is 12.4 Å². The van der Waals surface area contributed by atoms with Crippen molar-refractivity contribution in [1.29, 1.82) is 0 Å². The molecule has 1 saturated heterocycles. The Balaban J connectivity index is 1.65. The van der Waals surface area contributed by atoms with E-state index in [0.717, 1.165) is 4.90 Å². The number of amides is 2. The van der Waals surface area contributed by atoms with Gasteiger partial charge in [0.05, 0.1) is 26.6 Å². The van der Waals surface area contributed by atoms with Crippen LogP contribution in [0.4, 0.5) is 26.3 Å². The van der Waals surface area contributed by atoms with Crippen LogP contribution in [0.15, 0.2) is 23.1 Å². The molecule has 3 fully saturated rings. The van der Waals surface area contributed by atoms with Gasteiger partial charge in [0, 0.05) is 12.0 Å². The van der Waals surface area contributed by atoms with E-state index in [4.69, 9.17) is 5.73 Å². The van der Waals surface area contributed by atoms with Crippen LogP contribution in [0.5, 0.6) is 5.75 Å². The van der Waals surface area contributed by atoms with Crippen molar-refractivity contribution in [2.24, 2.45) is 11.1 Å². The first-order valence-electron chi connectivity index (χ1n) is 12.0. The molecule has 1 aromatic rings. The van der Waals surface area contributed by atoms with Crippen LogP contribution >= 0.6 is 12.6 Å². The van der Waals surface area contributed by atoms with Crippen molar-refractivity contribution in [1.82, 2.24) is 10.2 Å². The highest BCUT2D eigenvalue weighted by Crippen LogP contribution is 2.48. The predicted octanol–water partition coefficient (Wildman–Crippen LogP) is 3.05. The molecule has 16 heteroatoms. The van der Waals surface area contributed by atoms with Crippen molar-refractivity contribution in [3.8, 4) is 5.75 Å². The number of alkyl halides is 6. The Labute approximate surface area is 225 Å². The minimum absolute atomic E-state index is 0.191. The van der Waals surface area contributed by atoms with E-state index in [0.29, 0.717) is 37.8 Å². The van der Waals surface area contributed by atoms with Gasteiger partial charge in [-0.3, -0.25) is 9.59 Å². The summed E-state index contributed by atoms with van der Waals surface area (Å²) in [5.74, 6) is -1.98. The molecular weight excluding hydrogens is 576 g/mol. The first-order valence-corrected chi connectivity index (χ1v) is 14.1. The third-order valence-electron chi connectivity index (χ3n) is 7.47. The fourth-order valence-corrected chi connectivity index (χ4v) is 6.83. The second-order valence-electron chi connectivity index (χ2n) is 10.6. The van der Waals surface area contributed by atoms with Crippen molar-refractivity contribution in [3.63, 3.8) is 0 Å². The fourth-order valence-electron chi connectivity index (χ4n) is 4.61. The van der Waals surface area contributed by atoms with Crippen LogP contribution in [0.2, 0.25) is 0 Å². The van der Waals surface area contributed by atoms with E-state index in [-0.39, 0.29) is 6.07 Å². The number of nitrogens with two attached hydrogens (primary N) is 1. The standard InChI is InChI=1S/C23H27F6N3O5S2/c1-20(4-5-20)19(34)32-10-13(9-15(32)17(33)31-21(6-7-21)18(30)38)39(35,36)16-3-2-12(37-11-22(24,25)26)8-14(16)23(27,28)29/h2-3,8,13,15,18,38H,4-7,9-11,30H2,1H3,(H,31,33)/t13-,15+,18?/m1/s1. The summed E-state index contributed by atoms with van der Waals surface area (Å²) in [4.78, 5) is 26.4. The molecule has 1 aliphatic heterocycles. The maximum Gasteiger partial charge on any atom is 0.422 e. The minimum atomic E-state index is -5.26. The highest BCUT2D eigenvalue weighted by atomic mass is 32.2. The van der Waals surface area contributed by atoms with Crippen LogP contribution in [0.3, 0.4) is 0 Å². The average Bonchev–Trinajstić information content (AvgIpc) is 3.72. The highest BCUT2D eigenvalue weighted by Gasteiger charge is 2.56. The Hall–Kier alpha value is -2.20. The maximum atomic E-state index is 13.9. The Kier molecular flexibility index (Phi) is 7.42. The van der Waals surface area contributed by atoms with Gasteiger partial charge in [-0.1, -0.05) is 6.92 Å². The number of hydrogen-bond donors (Lipinski definition) is 3. The van der Waals surface area contributed by atoms with Gasteiger partial charge in [0.15, 0.2) is 16.4 Å². The summed E-state index contributed by atoms with van der Waals surface area (Å²) >= 11 is 4.17. The number of nitrogens with one attached hydrogen (secondary N) is 1. The molecule has 218 valence electrons. The molecule has 2 saturated carbocycles. The fraction of sp³-hybridized carbons (Fsp3) is 0.652. The van der Waals surface area contributed by atoms with Gasteiger partial charge in [-0.25, -0.2) is 8.42 Å². The number of thiol groups is 1. The molecule has 1 heterocycles. The molecular formula is C23H27F6N3O5S2. The molecule has 2 aliphatic carbocycles. The van der Waals surface area contributed by atoms with E-state index in [1.165, 1.54) is 0 Å². The zero-order chi connectivity index (χ0) is 29.2. The van der Waals surface area contributed by atoms with E-state index < -0.39 is 97.4 Å². The Morgan fingerprint density at radius 1 is 1.18 bits per heavy atom. The molecule has 0 aromatic heterocycles. The number of carbonyl (C=O) groups is 2. The molecule has 4 rings (SSSR count). The lowest BCUT2D eigenvalue weighted by Gasteiger charge is -2.29. The summed E-state index contributed by atoms with van der Waals surface area (Å²) in [5.41, 5.74) is 2.50. The summed E-state index contributed by atoms with van der Waals surface area (Å²) in [6, 6.07) is 0.149. The van der Waals surface area contributed by atoms with E-state index >= 15 is 0 Å². The lowest BCUT2D eigenvalue weighted by molar-refractivity contribution is -0.153. The number of nitrogens with zero attached hydrogens (tertiary/aromatic N) is 1. The van der Waals surface area contributed by atoms with Crippen LogP contribution in [0.1, 0.15) is 44.6 Å². The summed E-state index contributed by atoms with van der Waals surface area (Å²) in [7, 11) is -4.83. The third kappa shape index (κ3) is 6.11. The van der Waals surface area contributed by atoms with E-state index in [1.807, 2.05) is 0 Å². The number of sulfone groups is 1. The van der Waals surface area contributed by atoms with Gasteiger partial charge < -0.3 is 20.7 Å². The van der Waals surface area contributed by atoms with E-state index in [1.54, 1.807) is 6.92 Å². The number of rotatable bonds is 8. The smallest absolute Gasteiger partial charge is 0.422 e. The van der Waals surface area contributed by atoms with Crippen molar-refractivity contribution in [2.45, 2.75) is 78.5 Å². The molecule has 3 aliphatic rings. The second-order valence-corrected chi connectivity index (χ2v) is 13.3. The van der Waals surface area contributed by atoms with Gasteiger partial charge in [0.2, 0.25) is 11.8 Å². The average molecular weight is 604 g/mol. The zero-order valence-electron chi connectivity index (χ0n) is 20.6. The van der Waals surface area contributed by atoms with Crippen LogP contribution in [-0.2, 0) is 25.6 Å². The number of ether oxygens (including phenoxy) is 1. The van der Waals surface area contributed by atoms with Gasteiger partial charge in [-0.2, -0.15) is 39.0 Å². The largest absolute Gasteiger partial charge is 0.484 e. The zero-order valence-corrected chi connectivity index (χ0v) is 22.3. The molecule has 3 atom stereocenters. The molecule has 39 heavy (non-hydrogen) atoms. The first-order chi connectivity index (χ1) is 17.8. The van der Waals surface area contributed by atoms with Crippen molar-refractivity contribution in [3.05, 3.63) is 23.8 Å². The van der Waals surface area contributed by atoms with E-state index in [9.17, 15) is 44.3 Å². The van der Waals surface area contributed by atoms with Crippen molar-refractivity contribution in [2.75, 3.05) is 13.2 Å². The maximum absolute atomic E-state index is 13.9. The van der Waals surface area contributed by atoms with Crippen molar-refractivity contribution >= 4 is 34.3 Å². The monoisotopic (exact) mass is 603 g/mol. The molecule has 0 bridgehead atoms. The number of hydrogen-bond acceptors (Lipinski definition) is 7. The Morgan fingerprint density at radius 2 is 1.79 bits per heavy atom. The van der Waals surface area contributed by atoms with Crippen molar-refractivity contribution < 1.29 is 49.1 Å². The Bertz CT molecular complexity index is 1260. The number of halogens is 6. The van der Waals surface area contributed by atoms with Gasteiger partial charge in [-0.15, -0.1) is 0 Å². The van der Waals surface area contributed by atoms with E-state index in [2.05, 4.69) is 22.7 Å². The molecule has 3 N–H and O–H groups in total. The highest BCUT2D eigenvalue weighted by molar-refractivity contribution is 7.92. The third-order valence-corrected chi connectivity index (χ3v) is 10.2. The van der Waals surface area contributed by atoms with Crippen LogP contribution < -0.4 is 15.8 Å². The predicted molar refractivity (Wildman–Crippen MR) is 128 cm³/mol. The topological polar surface area (TPSA) is 119 Å². The number of likely N-dealkylation sites (tertiary alicyclic amines) is 1. The molecule has 0 spiro atoms. The van der Waals surface area contributed by atoms with Gasteiger partial charge in [0.25, 0.3) is 0 Å². The quantitative estimate of drug-likeness (QED) is 0.239. The molecule has 1 aromatic carbocycles. The van der Waals surface area contributed by atoms with Gasteiger partial charge in [0.1, 0.15) is 11.8 Å².